The van der Waals surface area contributed by atoms with E-state index in [1.54, 1.807) is 4.90 Å². The Morgan fingerprint density at radius 3 is 2.87 bits per heavy atom. The van der Waals surface area contributed by atoms with Gasteiger partial charge in [-0.2, -0.15) is 0 Å². The van der Waals surface area contributed by atoms with Crippen molar-refractivity contribution in [3.8, 4) is 0 Å². The fraction of sp³-hybridized carbons (Fsp3) is 0.467. The first kappa shape index (κ1) is 17.2. The van der Waals surface area contributed by atoms with Gasteiger partial charge in [-0.25, -0.2) is 4.79 Å². The minimum absolute atomic E-state index is 0.179. The Morgan fingerprint density at radius 1 is 1.48 bits per heavy atom. The van der Waals surface area contributed by atoms with Gasteiger partial charge in [0.2, 0.25) is 0 Å². The van der Waals surface area contributed by atoms with Crippen LogP contribution in [0.2, 0.25) is 5.02 Å². The van der Waals surface area contributed by atoms with E-state index < -0.39 is 23.2 Å². The molecule has 1 amide bonds. The van der Waals surface area contributed by atoms with Crippen molar-refractivity contribution in [2.45, 2.75) is 19.8 Å². The van der Waals surface area contributed by atoms with Gasteiger partial charge in [0.25, 0.3) is 11.6 Å². The highest BCUT2D eigenvalue weighted by Crippen LogP contribution is 2.23. The number of hydrogen-bond donors (Lipinski definition) is 0. The number of carbonyl (C=O) groups is 2. The number of nitrogens with zero attached hydrogens (tertiary/aromatic N) is 2. The Labute approximate surface area is 138 Å². The molecule has 0 radical (unpaired) electrons. The van der Waals surface area contributed by atoms with Crippen LogP contribution in [0.5, 0.6) is 0 Å². The highest BCUT2D eigenvalue weighted by molar-refractivity contribution is 6.31. The van der Waals surface area contributed by atoms with Crippen LogP contribution in [0.4, 0.5) is 5.69 Å². The third kappa shape index (κ3) is 4.41. The molecule has 1 heterocycles. The number of halogens is 1. The van der Waals surface area contributed by atoms with Crippen molar-refractivity contribution in [1.82, 2.24) is 4.90 Å². The summed E-state index contributed by atoms with van der Waals surface area (Å²) in [6.45, 7) is 2.89. The lowest BCUT2D eigenvalue weighted by Crippen LogP contribution is -2.41. The van der Waals surface area contributed by atoms with E-state index in [-0.39, 0.29) is 16.5 Å². The molecule has 0 aromatic heterocycles. The lowest BCUT2D eigenvalue weighted by atomic mass is 10.0. The maximum atomic E-state index is 12.1. The van der Waals surface area contributed by atoms with Crippen molar-refractivity contribution in [2.24, 2.45) is 5.92 Å². The highest BCUT2D eigenvalue weighted by Gasteiger charge is 2.25. The van der Waals surface area contributed by atoms with Crippen molar-refractivity contribution in [3.63, 3.8) is 0 Å². The van der Waals surface area contributed by atoms with Crippen LogP contribution in [-0.2, 0) is 9.53 Å². The van der Waals surface area contributed by atoms with Gasteiger partial charge in [-0.15, -0.1) is 0 Å². The lowest BCUT2D eigenvalue weighted by Gasteiger charge is -2.30. The van der Waals surface area contributed by atoms with Gasteiger partial charge in [-0.05, 0) is 30.9 Å². The van der Waals surface area contributed by atoms with Gasteiger partial charge in [-0.1, -0.05) is 18.5 Å². The number of nitro benzene ring substituents is 1. The number of rotatable bonds is 4. The largest absolute Gasteiger partial charge is 0.452 e. The number of nitro groups is 1. The fourth-order valence-electron chi connectivity index (χ4n) is 2.54. The Kier molecular flexibility index (Phi) is 5.54. The summed E-state index contributed by atoms with van der Waals surface area (Å²) >= 11 is 5.76. The zero-order valence-electron chi connectivity index (χ0n) is 12.7. The zero-order valence-corrected chi connectivity index (χ0v) is 13.4. The van der Waals surface area contributed by atoms with E-state index in [0.717, 1.165) is 25.0 Å². The molecule has 1 saturated heterocycles. The van der Waals surface area contributed by atoms with Crippen LogP contribution in [0.3, 0.4) is 0 Å². The minimum Gasteiger partial charge on any atom is -0.452 e. The second-order valence-corrected chi connectivity index (χ2v) is 6.02. The molecule has 0 bridgehead atoms. The molecule has 1 aliphatic rings. The van der Waals surface area contributed by atoms with E-state index in [9.17, 15) is 19.7 Å². The van der Waals surface area contributed by atoms with Crippen molar-refractivity contribution in [2.75, 3.05) is 19.7 Å². The summed E-state index contributed by atoms with van der Waals surface area (Å²) in [6.07, 6.45) is 1.99. The van der Waals surface area contributed by atoms with Crippen LogP contribution in [0.15, 0.2) is 18.2 Å². The molecule has 0 N–H and O–H groups in total. The summed E-state index contributed by atoms with van der Waals surface area (Å²) in [5.41, 5.74) is -0.666. The summed E-state index contributed by atoms with van der Waals surface area (Å²) < 4.78 is 4.93. The topological polar surface area (TPSA) is 89.8 Å². The van der Waals surface area contributed by atoms with Gasteiger partial charge in [0, 0.05) is 24.2 Å². The smallest absolute Gasteiger partial charge is 0.345 e. The van der Waals surface area contributed by atoms with Crippen molar-refractivity contribution in [1.29, 1.82) is 0 Å². The van der Waals surface area contributed by atoms with Crippen LogP contribution in [0.25, 0.3) is 0 Å². The normalized spacial score (nSPS) is 17.7. The molecule has 2 rings (SSSR count). The van der Waals surface area contributed by atoms with Gasteiger partial charge in [0.05, 0.1) is 4.92 Å². The van der Waals surface area contributed by atoms with E-state index in [0.29, 0.717) is 19.0 Å². The van der Waals surface area contributed by atoms with E-state index in [4.69, 9.17) is 16.3 Å². The van der Waals surface area contributed by atoms with Crippen LogP contribution in [-0.4, -0.2) is 41.4 Å². The summed E-state index contributed by atoms with van der Waals surface area (Å²) in [5, 5.41) is 11.1. The summed E-state index contributed by atoms with van der Waals surface area (Å²) in [6, 6.07) is 3.61. The summed E-state index contributed by atoms with van der Waals surface area (Å²) in [5.74, 6) is -0.815. The maximum absolute atomic E-state index is 12.1. The number of likely N-dealkylation sites (tertiary alicyclic amines) is 1. The van der Waals surface area contributed by atoms with Crippen molar-refractivity contribution in [3.05, 3.63) is 38.9 Å². The van der Waals surface area contributed by atoms with E-state index in [1.807, 2.05) is 0 Å². The van der Waals surface area contributed by atoms with Gasteiger partial charge < -0.3 is 9.64 Å². The number of hydrogen-bond acceptors (Lipinski definition) is 5. The molecule has 124 valence electrons. The second kappa shape index (κ2) is 7.41. The maximum Gasteiger partial charge on any atom is 0.345 e. The highest BCUT2D eigenvalue weighted by atomic mass is 35.5. The van der Waals surface area contributed by atoms with Crippen LogP contribution < -0.4 is 0 Å². The first-order chi connectivity index (χ1) is 10.9. The SMILES string of the molecule is C[C@@H]1CCCN(C(=O)COC(=O)c2cc(Cl)ccc2[N+](=O)[O-])C1. The standard InChI is InChI=1S/C15H17ClN2O5/c1-10-3-2-6-17(8-10)14(19)9-23-15(20)12-7-11(16)4-5-13(12)18(21)22/h4-5,7,10H,2-3,6,8-9H2,1H3/t10-/m1/s1. The Bertz CT molecular complexity index is 634. The van der Waals surface area contributed by atoms with Gasteiger partial charge in [-0.3, -0.25) is 14.9 Å². The Balaban J connectivity index is 2.01. The monoisotopic (exact) mass is 340 g/mol. The molecule has 1 aliphatic heterocycles. The molecule has 0 aliphatic carbocycles. The van der Waals surface area contributed by atoms with Crippen molar-refractivity contribution < 1.29 is 19.2 Å². The van der Waals surface area contributed by atoms with Gasteiger partial charge in [0.1, 0.15) is 5.56 Å². The minimum atomic E-state index is -0.933. The molecular weight excluding hydrogens is 324 g/mol. The first-order valence-corrected chi connectivity index (χ1v) is 7.65. The first-order valence-electron chi connectivity index (χ1n) is 7.27. The summed E-state index contributed by atoms with van der Waals surface area (Å²) in [4.78, 5) is 36.0. The number of carbonyl (C=O) groups excluding carboxylic acids is 2. The molecule has 0 unspecified atom stereocenters. The zero-order chi connectivity index (χ0) is 17.0. The van der Waals surface area contributed by atoms with Crippen LogP contribution in [0.1, 0.15) is 30.1 Å². The number of esters is 1. The lowest BCUT2D eigenvalue weighted by molar-refractivity contribution is -0.385. The average molecular weight is 341 g/mol. The fourth-order valence-corrected chi connectivity index (χ4v) is 2.72. The molecule has 8 heteroatoms. The molecule has 0 saturated carbocycles. The predicted octanol–water partition coefficient (Wildman–Crippen LogP) is 2.66. The van der Waals surface area contributed by atoms with Gasteiger partial charge in [0.15, 0.2) is 6.61 Å². The molecule has 23 heavy (non-hydrogen) atoms. The predicted molar refractivity (Wildman–Crippen MR) is 83.4 cm³/mol. The Morgan fingerprint density at radius 2 is 2.22 bits per heavy atom. The average Bonchev–Trinajstić information content (AvgIpc) is 2.51. The summed E-state index contributed by atoms with van der Waals surface area (Å²) in [7, 11) is 0. The number of amides is 1. The second-order valence-electron chi connectivity index (χ2n) is 5.58. The molecular formula is C15H17ClN2O5. The molecule has 7 nitrogen and oxygen atoms in total. The van der Waals surface area contributed by atoms with Gasteiger partial charge >= 0.3 is 5.97 Å². The molecule has 1 atom stereocenters. The number of piperidine rings is 1. The third-order valence-corrected chi connectivity index (χ3v) is 3.95. The molecule has 1 aromatic carbocycles. The molecule has 1 aromatic rings. The Hall–Kier alpha value is -2.15. The van der Waals surface area contributed by atoms with Crippen LogP contribution in [0, 0.1) is 16.0 Å². The van der Waals surface area contributed by atoms with Crippen molar-refractivity contribution >= 4 is 29.2 Å². The molecule has 0 spiro atoms. The van der Waals surface area contributed by atoms with Crippen LogP contribution >= 0.6 is 11.6 Å². The third-order valence-electron chi connectivity index (χ3n) is 3.71. The number of benzene rings is 1. The van der Waals surface area contributed by atoms with E-state index in [1.165, 1.54) is 6.07 Å². The quantitative estimate of drug-likeness (QED) is 0.477. The molecule has 1 fully saturated rings. The van der Waals surface area contributed by atoms with E-state index >= 15 is 0 Å². The number of ether oxygens (including phenoxy) is 1. The van der Waals surface area contributed by atoms with E-state index in [2.05, 4.69) is 6.92 Å².